The number of hydrogen-bond acceptors (Lipinski definition) is 5. The summed E-state index contributed by atoms with van der Waals surface area (Å²) in [6.07, 6.45) is 3.16. The smallest absolute Gasteiger partial charge is 0.321 e. The number of carbonyl (C=O) groups is 1. The lowest BCUT2D eigenvalue weighted by atomic mass is 9.82. The van der Waals surface area contributed by atoms with E-state index < -0.39 is 34.5 Å². The summed E-state index contributed by atoms with van der Waals surface area (Å²) in [5.41, 5.74) is -0.500. The Bertz CT molecular complexity index is 459. The molecule has 0 radical (unpaired) electrons. The van der Waals surface area contributed by atoms with Crippen molar-refractivity contribution in [3.63, 3.8) is 0 Å². The molecule has 1 fully saturated rings. The van der Waals surface area contributed by atoms with Crippen LogP contribution in [0.15, 0.2) is 0 Å². The fourth-order valence-corrected chi connectivity index (χ4v) is 10.1. The Morgan fingerprint density at radius 2 is 1.77 bits per heavy atom. The summed E-state index contributed by atoms with van der Waals surface area (Å²) < 4.78 is 17.9. The molecule has 0 saturated heterocycles. The topological polar surface area (TPSA) is 65.0 Å². The highest BCUT2D eigenvalue weighted by Gasteiger charge is 2.38. The lowest BCUT2D eigenvalue weighted by Gasteiger charge is -2.37. The third-order valence-corrected chi connectivity index (χ3v) is 10.4. The molecule has 1 aliphatic rings. The minimum atomic E-state index is -2.12. The summed E-state index contributed by atoms with van der Waals surface area (Å²) in [7, 11) is -3.74. The van der Waals surface area contributed by atoms with Crippen LogP contribution in [0.25, 0.3) is 0 Å². The Hall–Kier alpha value is -0.216. The second-order valence-corrected chi connectivity index (χ2v) is 17.7. The fourth-order valence-electron chi connectivity index (χ4n) is 3.33. The molecule has 154 valence electrons. The van der Waals surface area contributed by atoms with E-state index in [-0.39, 0.29) is 11.9 Å². The van der Waals surface area contributed by atoms with Crippen LogP contribution in [0.2, 0.25) is 32.7 Å². The van der Waals surface area contributed by atoms with Crippen LogP contribution < -0.4 is 0 Å². The number of hydrogen-bond donors (Lipinski definition) is 1. The second-order valence-electron chi connectivity index (χ2n) is 9.61. The highest BCUT2D eigenvalue weighted by molar-refractivity contribution is 6.81. The zero-order chi connectivity index (χ0) is 20.2. The van der Waals surface area contributed by atoms with Gasteiger partial charge < -0.3 is 18.4 Å². The Morgan fingerprint density at radius 3 is 2.31 bits per heavy atom. The summed E-state index contributed by atoms with van der Waals surface area (Å²) in [6, 6.07) is 0. The fraction of sp³-hybridized carbons (Fsp3) is 0.947. The number of esters is 1. The van der Waals surface area contributed by atoms with Crippen molar-refractivity contribution in [2.45, 2.75) is 97.8 Å². The predicted octanol–water partition coefficient (Wildman–Crippen LogP) is 4.46. The molecule has 0 aliphatic heterocycles. The van der Waals surface area contributed by atoms with E-state index in [1.54, 1.807) is 0 Å². The molecule has 26 heavy (non-hydrogen) atoms. The molecule has 0 amide bonds. The number of aliphatic hydroxyl groups excluding tert-OH is 1. The van der Waals surface area contributed by atoms with Gasteiger partial charge in [-0.25, -0.2) is 0 Å². The van der Waals surface area contributed by atoms with Gasteiger partial charge in [-0.05, 0) is 84.6 Å². The van der Waals surface area contributed by atoms with Gasteiger partial charge >= 0.3 is 14.5 Å². The van der Waals surface area contributed by atoms with Crippen LogP contribution in [-0.4, -0.2) is 46.8 Å². The first-order valence-corrected chi connectivity index (χ1v) is 16.2. The number of carbonyl (C=O) groups excluding carboxylic acids is 1. The molecule has 1 N–H and O–H groups in total. The first-order chi connectivity index (χ1) is 11.8. The minimum Gasteiger partial charge on any atom is -0.459 e. The van der Waals surface area contributed by atoms with Gasteiger partial charge in [0.25, 0.3) is 0 Å². The van der Waals surface area contributed by atoms with Crippen LogP contribution in [0.4, 0.5) is 0 Å². The molecular formula is C19H40O5Si2. The van der Waals surface area contributed by atoms with Gasteiger partial charge in [0.2, 0.25) is 0 Å². The van der Waals surface area contributed by atoms with Crippen LogP contribution in [0.3, 0.4) is 0 Å². The molecule has 1 saturated carbocycles. The lowest BCUT2D eigenvalue weighted by molar-refractivity contribution is -0.171. The Morgan fingerprint density at radius 1 is 1.15 bits per heavy atom. The molecule has 1 aliphatic carbocycles. The monoisotopic (exact) mass is 404 g/mol. The quantitative estimate of drug-likeness (QED) is 0.454. The maximum absolute atomic E-state index is 12.3. The normalized spacial score (nSPS) is 25.2. The highest BCUT2D eigenvalue weighted by Crippen LogP contribution is 2.32. The average molecular weight is 405 g/mol. The summed E-state index contributed by atoms with van der Waals surface area (Å²) in [6.45, 7) is 17.0. The van der Waals surface area contributed by atoms with Gasteiger partial charge in [-0.1, -0.05) is 6.92 Å². The SMILES string of the molecule is CCC(C)(C)C(=O)OC1CCCC(CCO[Si](C)(C)O[Si](C)(C)C)C1O. The maximum atomic E-state index is 12.3. The van der Waals surface area contributed by atoms with Crippen LogP contribution >= 0.6 is 0 Å². The molecular weight excluding hydrogens is 364 g/mol. The van der Waals surface area contributed by atoms with Crippen LogP contribution in [0.1, 0.15) is 52.9 Å². The van der Waals surface area contributed by atoms with Gasteiger partial charge in [0.15, 0.2) is 8.32 Å². The van der Waals surface area contributed by atoms with Crippen molar-refractivity contribution in [3.05, 3.63) is 0 Å². The van der Waals surface area contributed by atoms with Gasteiger partial charge in [0.1, 0.15) is 6.10 Å². The maximum Gasteiger partial charge on any atom is 0.321 e. The molecule has 0 aromatic heterocycles. The summed E-state index contributed by atoms with van der Waals surface area (Å²) in [5, 5.41) is 10.7. The van der Waals surface area contributed by atoms with Crippen molar-refractivity contribution in [1.29, 1.82) is 0 Å². The minimum absolute atomic E-state index is 0.114. The van der Waals surface area contributed by atoms with E-state index in [9.17, 15) is 9.90 Å². The van der Waals surface area contributed by atoms with E-state index in [0.717, 1.165) is 32.1 Å². The highest BCUT2D eigenvalue weighted by atomic mass is 28.4. The van der Waals surface area contributed by atoms with Crippen LogP contribution in [0.5, 0.6) is 0 Å². The number of ether oxygens (including phenoxy) is 1. The zero-order valence-electron chi connectivity index (χ0n) is 18.1. The molecule has 0 heterocycles. The van der Waals surface area contributed by atoms with Gasteiger partial charge in [-0.15, -0.1) is 0 Å². The van der Waals surface area contributed by atoms with Gasteiger partial charge in [0, 0.05) is 6.61 Å². The van der Waals surface area contributed by atoms with Crippen LogP contribution in [0, 0.1) is 11.3 Å². The Kier molecular flexibility index (Phi) is 8.54. The first kappa shape index (κ1) is 23.8. The van der Waals surface area contributed by atoms with Crippen LogP contribution in [-0.2, 0) is 18.1 Å². The third-order valence-electron chi connectivity index (χ3n) is 5.11. The molecule has 0 bridgehead atoms. The van der Waals surface area contributed by atoms with E-state index in [2.05, 4.69) is 32.7 Å². The van der Waals surface area contributed by atoms with E-state index in [4.69, 9.17) is 13.3 Å². The average Bonchev–Trinajstić information content (AvgIpc) is 2.48. The summed E-state index contributed by atoms with van der Waals surface area (Å²) in [5.74, 6) is -0.0963. The Balaban J connectivity index is 2.52. The van der Waals surface area contributed by atoms with E-state index in [1.165, 1.54) is 0 Å². The van der Waals surface area contributed by atoms with E-state index >= 15 is 0 Å². The zero-order valence-corrected chi connectivity index (χ0v) is 20.1. The van der Waals surface area contributed by atoms with Gasteiger partial charge in [-0.2, -0.15) is 0 Å². The van der Waals surface area contributed by atoms with Crippen molar-refractivity contribution in [2.75, 3.05) is 6.61 Å². The molecule has 0 aromatic rings. The van der Waals surface area contributed by atoms with Crippen molar-refractivity contribution in [1.82, 2.24) is 0 Å². The van der Waals surface area contributed by atoms with E-state index in [0.29, 0.717) is 6.61 Å². The van der Waals surface area contributed by atoms with Crippen molar-refractivity contribution in [2.24, 2.45) is 11.3 Å². The number of aliphatic hydroxyl groups is 1. The second kappa shape index (κ2) is 9.32. The number of rotatable bonds is 9. The molecule has 3 unspecified atom stereocenters. The first-order valence-electron chi connectivity index (χ1n) is 10.0. The predicted molar refractivity (Wildman–Crippen MR) is 110 cm³/mol. The molecule has 3 atom stereocenters. The molecule has 0 spiro atoms. The van der Waals surface area contributed by atoms with Crippen molar-refractivity contribution >= 4 is 22.8 Å². The summed E-state index contributed by atoms with van der Waals surface area (Å²) >= 11 is 0. The van der Waals surface area contributed by atoms with Gasteiger partial charge in [0.05, 0.1) is 11.5 Å². The van der Waals surface area contributed by atoms with E-state index in [1.807, 2.05) is 20.8 Å². The molecule has 1 rings (SSSR count). The third kappa shape index (κ3) is 7.80. The van der Waals surface area contributed by atoms with Crippen molar-refractivity contribution < 1.29 is 23.2 Å². The molecule has 0 aromatic carbocycles. The van der Waals surface area contributed by atoms with Gasteiger partial charge in [-0.3, -0.25) is 4.79 Å². The molecule has 7 heteroatoms. The Labute approximate surface area is 162 Å². The lowest BCUT2D eigenvalue weighted by Crippen LogP contribution is -2.46. The largest absolute Gasteiger partial charge is 0.459 e. The van der Waals surface area contributed by atoms with Crippen molar-refractivity contribution in [3.8, 4) is 0 Å². The summed E-state index contributed by atoms with van der Waals surface area (Å²) in [4.78, 5) is 12.3. The molecule has 5 nitrogen and oxygen atoms in total. The standard InChI is InChI=1S/C19H40O5Si2/c1-9-19(2,3)18(21)23-16-12-10-11-15(17(16)20)13-14-22-26(7,8)24-25(4,5)6/h15-17,20H,9-14H2,1-8H3.